The van der Waals surface area contributed by atoms with E-state index < -0.39 is 0 Å². The van der Waals surface area contributed by atoms with Crippen molar-refractivity contribution in [3.8, 4) is 11.1 Å². The Balaban J connectivity index is 1.75. The van der Waals surface area contributed by atoms with Crippen LogP contribution in [0.5, 0.6) is 0 Å². The topological polar surface area (TPSA) is 55.4 Å². The fourth-order valence-electron chi connectivity index (χ4n) is 3.78. The Hall–Kier alpha value is -3.44. The predicted molar refractivity (Wildman–Crippen MR) is 132 cm³/mol. The minimum absolute atomic E-state index is 0.202. The molecular weight excluding hydrogens is 466 g/mol. The van der Waals surface area contributed by atoms with Crippen LogP contribution >= 0.6 is 15.9 Å². The van der Waals surface area contributed by atoms with Gasteiger partial charge in [0.25, 0.3) is 5.91 Å². The fraction of sp³-hybridized carbons (Fsp3) is 0.111. The second-order valence-corrected chi connectivity index (χ2v) is 8.32. The molecule has 4 nitrogen and oxygen atoms in total. The number of carbonyl (C=O) groups is 2. The summed E-state index contributed by atoms with van der Waals surface area (Å²) in [7, 11) is 0. The molecule has 32 heavy (non-hydrogen) atoms. The number of benzene rings is 4. The Morgan fingerprint density at radius 1 is 0.938 bits per heavy atom. The Bertz CT molecular complexity index is 1300. The number of ether oxygens (including phenoxy) is 1. The number of carbonyl (C=O) groups excluding carboxylic acids is 2. The van der Waals surface area contributed by atoms with Crippen LogP contribution in [0.25, 0.3) is 21.9 Å². The molecule has 160 valence electrons. The van der Waals surface area contributed by atoms with E-state index in [1.54, 1.807) is 31.2 Å². The molecule has 0 spiro atoms. The van der Waals surface area contributed by atoms with Gasteiger partial charge in [-0.25, -0.2) is 4.79 Å². The zero-order chi connectivity index (χ0) is 22.7. The van der Waals surface area contributed by atoms with Crippen molar-refractivity contribution in [1.82, 2.24) is 0 Å². The van der Waals surface area contributed by atoms with Crippen molar-refractivity contribution >= 4 is 44.3 Å². The van der Waals surface area contributed by atoms with E-state index in [2.05, 4.69) is 27.3 Å². The molecule has 4 rings (SSSR count). The van der Waals surface area contributed by atoms with Crippen LogP contribution < -0.4 is 5.32 Å². The van der Waals surface area contributed by atoms with Crippen molar-refractivity contribution in [2.75, 3.05) is 11.9 Å². The third-order valence-electron chi connectivity index (χ3n) is 5.33. The maximum atomic E-state index is 13.4. The zero-order valence-electron chi connectivity index (χ0n) is 17.8. The van der Waals surface area contributed by atoms with Gasteiger partial charge in [0.15, 0.2) is 0 Å². The summed E-state index contributed by atoms with van der Waals surface area (Å²) in [6.45, 7) is 4.06. The molecule has 0 heterocycles. The first-order valence-corrected chi connectivity index (χ1v) is 11.1. The lowest BCUT2D eigenvalue weighted by atomic mass is 9.91. The molecule has 0 unspecified atom stereocenters. The molecule has 0 aliphatic rings. The summed E-state index contributed by atoms with van der Waals surface area (Å²) in [5, 5.41) is 4.84. The SMILES string of the molecule is CCOC(=O)c1ccc(NC(=O)c2c(C)c(-c3ccccc3)cc3ccc(Br)cc23)cc1. The predicted octanol–water partition coefficient (Wildman–Crippen LogP) is 7.01. The highest BCUT2D eigenvalue weighted by molar-refractivity contribution is 9.10. The highest BCUT2D eigenvalue weighted by atomic mass is 79.9. The number of nitrogens with one attached hydrogen (secondary N) is 1. The monoisotopic (exact) mass is 487 g/mol. The molecule has 0 fully saturated rings. The summed E-state index contributed by atoms with van der Waals surface area (Å²) >= 11 is 3.53. The van der Waals surface area contributed by atoms with Crippen LogP contribution in [0.1, 0.15) is 33.2 Å². The molecule has 0 radical (unpaired) electrons. The van der Waals surface area contributed by atoms with Crippen LogP contribution in [-0.2, 0) is 4.74 Å². The van der Waals surface area contributed by atoms with Gasteiger partial charge in [-0.15, -0.1) is 0 Å². The number of halogens is 1. The van der Waals surface area contributed by atoms with Crippen LogP contribution in [-0.4, -0.2) is 18.5 Å². The number of hydrogen-bond donors (Lipinski definition) is 1. The molecule has 0 aliphatic heterocycles. The largest absolute Gasteiger partial charge is 0.462 e. The van der Waals surface area contributed by atoms with E-state index >= 15 is 0 Å². The Labute approximate surface area is 195 Å². The average Bonchev–Trinajstić information content (AvgIpc) is 2.80. The molecule has 0 aliphatic carbocycles. The summed E-state index contributed by atoms with van der Waals surface area (Å²) in [5.41, 5.74) is 4.66. The summed E-state index contributed by atoms with van der Waals surface area (Å²) < 4.78 is 5.92. The van der Waals surface area contributed by atoms with Gasteiger partial charge >= 0.3 is 5.97 Å². The second kappa shape index (κ2) is 9.37. The van der Waals surface area contributed by atoms with E-state index in [0.717, 1.165) is 31.9 Å². The van der Waals surface area contributed by atoms with Crippen molar-refractivity contribution in [3.05, 3.63) is 100 Å². The van der Waals surface area contributed by atoms with Crippen LogP contribution in [0.2, 0.25) is 0 Å². The standard InChI is InChI=1S/C27H22BrNO3/c1-3-32-27(31)19-10-13-22(14-11-19)29-26(30)25-17(2)23(18-7-5-4-6-8-18)15-20-9-12-21(28)16-24(20)25/h4-16H,3H2,1-2H3,(H,29,30). The van der Waals surface area contributed by atoms with Crippen molar-refractivity contribution in [1.29, 1.82) is 0 Å². The number of hydrogen-bond acceptors (Lipinski definition) is 3. The molecule has 4 aromatic carbocycles. The third-order valence-corrected chi connectivity index (χ3v) is 5.82. The lowest BCUT2D eigenvalue weighted by molar-refractivity contribution is 0.0526. The highest BCUT2D eigenvalue weighted by Gasteiger charge is 2.18. The molecule has 5 heteroatoms. The first kappa shape index (κ1) is 21.8. The number of rotatable bonds is 5. The number of anilines is 1. The quantitative estimate of drug-likeness (QED) is 0.308. The molecular formula is C27H22BrNO3. The van der Waals surface area contributed by atoms with Crippen molar-refractivity contribution in [3.63, 3.8) is 0 Å². The average molecular weight is 488 g/mol. The summed E-state index contributed by atoms with van der Waals surface area (Å²) in [5.74, 6) is -0.583. The number of esters is 1. The molecule has 0 bridgehead atoms. The number of fused-ring (bicyclic) bond motifs is 1. The molecule has 0 aromatic heterocycles. The summed E-state index contributed by atoms with van der Waals surface area (Å²) in [6, 6.07) is 24.8. The fourth-order valence-corrected chi connectivity index (χ4v) is 4.14. The Kier molecular flexibility index (Phi) is 6.37. The first-order chi connectivity index (χ1) is 15.5. The molecule has 1 amide bonds. The number of amides is 1. The molecule has 1 N–H and O–H groups in total. The summed E-state index contributed by atoms with van der Waals surface area (Å²) in [4.78, 5) is 25.3. The maximum Gasteiger partial charge on any atom is 0.338 e. The van der Waals surface area contributed by atoms with Gasteiger partial charge in [0.2, 0.25) is 0 Å². The lowest BCUT2D eigenvalue weighted by Crippen LogP contribution is -2.15. The van der Waals surface area contributed by atoms with Crippen LogP contribution in [0, 0.1) is 6.92 Å². The Morgan fingerprint density at radius 2 is 1.66 bits per heavy atom. The van der Waals surface area contributed by atoms with Gasteiger partial charge in [0.05, 0.1) is 17.7 Å². The molecule has 4 aromatic rings. The third kappa shape index (κ3) is 4.43. The molecule has 0 saturated heterocycles. The smallest absolute Gasteiger partial charge is 0.338 e. The zero-order valence-corrected chi connectivity index (χ0v) is 19.4. The van der Waals surface area contributed by atoms with E-state index in [0.29, 0.717) is 23.4 Å². The van der Waals surface area contributed by atoms with Crippen molar-refractivity contribution < 1.29 is 14.3 Å². The van der Waals surface area contributed by atoms with E-state index in [9.17, 15) is 9.59 Å². The van der Waals surface area contributed by atoms with Gasteiger partial charge < -0.3 is 10.1 Å². The van der Waals surface area contributed by atoms with Crippen molar-refractivity contribution in [2.45, 2.75) is 13.8 Å². The van der Waals surface area contributed by atoms with Crippen LogP contribution in [0.3, 0.4) is 0 Å². The van der Waals surface area contributed by atoms with E-state index in [4.69, 9.17) is 4.74 Å². The maximum absolute atomic E-state index is 13.4. The van der Waals surface area contributed by atoms with Gasteiger partial charge in [-0.2, -0.15) is 0 Å². The molecule has 0 saturated carbocycles. The van der Waals surface area contributed by atoms with Gasteiger partial charge in [0, 0.05) is 10.2 Å². The van der Waals surface area contributed by atoms with Gasteiger partial charge in [-0.3, -0.25) is 4.79 Å². The Morgan fingerprint density at radius 3 is 2.34 bits per heavy atom. The second-order valence-electron chi connectivity index (χ2n) is 7.41. The van der Waals surface area contributed by atoms with E-state index in [-0.39, 0.29) is 11.9 Å². The van der Waals surface area contributed by atoms with Gasteiger partial charge in [-0.1, -0.05) is 52.3 Å². The van der Waals surface area contributed by atoms with Crippen LogP contribution in [0.15, 0.2) is 83.3 Å². The lowest BCUT2D eigenvalue weighted by Gasteiger charge is -2.16. The minimum atomic E-state index is -0.382. The normalized spacial score (nSPS) is 10.7. The van der Waals surface area contributed by atoms with Crippen molar-refractivity contribution in [2.24, 2.45) is 0 Å². The van der Waals surface area contributed by atoms with Gasteiger partial charge in [-0.05, 0) is 83.8 Å². The van der Waals surface area contributed by atoms with Gasteiger partial charge in [0.1, 0.15) is 0 Å². The minimum Gasteiger partial charge on any atom is -0.462 e. The molecule has 0 atom stereocenters. The van der Waals surface area contributed by atoms with Crippen LogP contribution in [0.4, 0.5) is 5.69 Å². The summed E-state index contributed by atoms with van der Waals surface area (Å²) in [6.07, 6.45) is 0. The van der Waals surface area contributed by atoms with E-state index in [1.807, 2.05) is 55.5 Å². The highest BCUT2D eigenvalue weighted by Crippen LogP contribution is 2.34. The van der Waals surface area contributed by atoms with E-state index in [1.165, 1.54) is 0 Å². The first-order valence-electron chi connectivity index (χ1n) is 10.3.